The quantitative estimate of drug-likeness (QED) is 0.100. The van der Waals surface area contributed by atoms with Gasteiger partial charge in [-0.2, -0.15) is 11.3 Å². The van der Waals surface area contributed by atoms with Crippen LogP contribution in [-0.2, 0) is 20.1 Å². The summed E-state index contributed by atoms with van der Waals surface area (Å²) in [5.74, 6) is -0.662. The molecular weight excluding hydrogens is 797 g/mol. The second kappa shape index (κ2) is 13.9. The van der Waals surface area contributed by atoms with Gasteiger partial charge in [0.2, 0.25) is 0 Å². The molecule has 0 aliphatic carbocycles. The van der Waals surface area contributed by atoms with E-state index in [0.29, 0.717) is 0 Å². The van der Waals surface area contributed by atoms with Crippen LogP contribution in [0.4, 0.5) is 0 Å². The summed E-state index contributed by atoms with van der Waals surface area (Å²) in [6, 6.07) is 42.6. The second-order valence-corrected chi connectivity index (χ2v) is 19.5. The maximum atomic E-state index is 8.40. The number of thiophene rings is 1. The number of hydrogen-bond donors (Lipinski definition) is 0. The Kier molecular flexibility index (Phi) is 9.40. The van der Waals surface area contributed by atoms with E-state index in [1.165, 1.54) is 52.5 Å². The van der Waals surface area contributed by atoms with Gasteiger partial charge < -0.3 is 9.97 Å². The Morgan fingerprint density at radius 1 is 0.729 bits per heavy atom. The molecule has 0 fully saturated rings. The van der Waals surface area contributed by atoms with E-state index in [-0.39, 0.29) is 20.1 Å². The van der Waals surface area contributed by atoms with Crippen molar-refractivity contribution in [2.45, 2.75) is 46.3 Å². The normalized spacial score (nSPS) is 12.1. The molecule has 48 heavy (non-hydrogen) atoms. The van der Waals surface area contributed by atoms with Crippen LogP contribution in [0.25, 0.3) is 64.2 Å². The van der Waals surface area contributed by atoms with Crippen LogP contribution < -0.4 is 5.19 Å². The number of aryl methyl sites for hydroxylation is 1. The van der Waals surface area contributed by atoms with Gasteiger partial charge in [-0.3, -0.25) is 0 Å². The fraction of sp³-hybridized carbons (Fsp3) is 0.163. The molecule has 5 heteroatoms. The first-order valence-corrected chi connectivity index (χ1v) is 20.4. The van der Waals surface area contributed by atoms with Crippen LogP contribution in [0.15, 0.2) is 116 Å². The fourth-order valence-corrected chi connectivity index (χ4v) is 9.29. The van der Waals surface area contributed by atoms with Gasteiger partial charge in [-0.15, -0.1) is 59.7 Å². The SMILES string of the molecule is Cc1cc(-c2[c-]cccc2)ncc1[Si](C)(C)C.[2H]C(C)(C)c1ccnc(-c2[c-]ccc3c2sc2cc4c(ccc5ccccc54)cc23)c1.[Ir]. The predicted octanol–water partition coefficient (Wildman–Crippen LogP) is 11.7. The van der Waals surface area contributed by atoms with Gasteiger partial charge >= 0.3 is 0 Å². The number of fused-ring (bicyclic) bond motifs is 6. The van der Waals surface area contributed by atoms with Gasteiger partial charge in [-0.25, -0.2) is 0 Å². The number of pyridine rings is 2. The smallest absolute Gasteiger partial charge is 0.0798 e. The molecule has 0 saturated carbocycles. The van der Waals surface area contributed by atoms with Crippen LogP contribution in [0.5, 0.6) is 0 Å². The summed E-state index contributed by atoms with van der Waals surface area (Å²) < 4.78 is 10.9. The summed E-state index contributed by atoms with van der Waals surface area (Å²) in [5, 5.41) is 9.06. The summed E-state index contributed by atoms with van der Waals surface area (Å²) in [4.78, 5) is 9.21. The van der Waals surface area contributed by atoms with E-state index in [4.69, 9.17) is 1.37 Å². The number of nitrogens with zero attached hydrogens (tertiary/aromatic N) is 2. The van der Waals surface area contributed by atoms with Crippen molar-refractivity contribution >= 4 is 66.3 Å². The minimum atomic E-state index is -1.27. The van der Waals surface area contributed by atoms with Crippen molar-refractivity contribution in [3.05, 3.63) is 139 Å². The van der Waals surface area contributed by atoms with Crippen molar-refractivity contribution in [3.8, 4) is 22.5 Å². The third kappa shape index (κ3) is 6.66. The molecule has 8 rings (SSSR count). The van der Waals surface area contributed by atoms with E-state index in [1.807, 2.05) is 50.2 Å². The summed E-state index contributed by atoms with van der Waals surface area (Å²) >= 11 is 1.80. The molecule has 3 heterocycles. The Balaban J connectivity index is 0.000000198. The summed E-state index contributed by atoms with van der Waals surface area (Å²) in [7, 11) is -1.27. The first-order chi connectivity index (χ1) is 23.0. The molecule has 0 saturated heterocycles. The van der Waals surface area contributed by atoms with Crippen LogP contribution in [0.3, 0.4) is 0 Å². The molecule has 0 atom stereocenters. The Hall–Kier alpha value is -3.99. The van der Waals surface area contributed by atoms with Crippen molar-refractivity contribution in [1.82, 2.24) is 9.97 Å². The van der Waals surface area contributed by atoms with Crippen LogP contribution in [0.1, 0.15) is 32.2 Å². The van der Waals surface area contributed by atoms with Crippen LogP contribution in [-0.4, -0.2) is 18.0 Å². The summed E-state index contributed by atoms with van der Waals surface area (Å²) in [6.07, 6.45) is 3.86. The molecule has 0 spiro atoms. The molecule has 0 amide bonds. The Morgan fingerprint density at radius 3 is 2.27 bits per heavy atom. The maximum Gasteiger partial charge on any atom is 0.0798 e. The van der Waals surface area contributed by atoms with Gasteiger partial charge in [-0.05, 0) is 79.2 Å². The van der Waals surface area contributed by atoms with Crippen LogP contribution in [0.2, 0.25) is 19.6 Å². The number of benzene rings is 5. The summed E-state index contributed by atoms with van der Waals surface area (Å²) in [5.41, 5.74) is 6.29. The van der Waals surface area contributed by atoms with Crippen molar-refractivity contribution in [3.63, 3.8) is 0 Å². The maximum absolute atomic E-state index is 8.40. The van der Waals surface area contributed by atoms with Crippen molar-refractivity contribution < 1.29 is 21.5 Å². The first kappa shape index (κ1) is 32.5. The third-order valence-corrected chi connectivity index (χ3v) is 12.1. The van der Waals surface area contributed by atoms with E-state index < -0.39 is 14.0 Å². The molecule has 5 aromatic carbocycles. The van der Waals surface area contributed by atoms with Gasteiger partial charge in [-0.1, -0.05) is 98.5 Å². The monoisotopic (exact) mass is 836 g/mol. The minimum absolute atomic E-state index is 0. The molecular formula is C43H38IrN2SSi-2. The Bertz CT molecular complexity index is 2440. The molecule has 0 bridgehead atoms. The summed E-state index contributed by atoms with van der Waals surface area (Å²) in [6.45, 7) is 13.1. The van der Waals surface area contributed by atoms with Crippen LogP contribution in [0, 0.1) is 19.1 Å². The number of hydrogen-bond acceptors (Lipinski definition) is 3. The Morgan fingerprint density at radius 2 is 1.52 bits per heavy atom. The first-order valence-electron chi connectivity index (χ1n) is 16.6. The van der Waals surface area contributed by atoms with E-state index in [9.17, 15) is 0 Å². The average Bonchev–Trinajstić information content (AvgIpc) is 3.45. The van der Waals surface area contributed by atoms with Crippen LogP contribution >= 0.6 is 11.3 Å². The van der Waals surface area contributed by atoms with Gasteiger partial charge in [0, 0.05) is 38.6 Å². The second-order valence-electron chi connectivity index (χ2n) is 13.4. The predicted molar refractivity (Wildman–Crippen MR) is 207 cm³/mol. The number of rotatable bonds is 4. The molecule has 3 aromatic heterocycles. The van der Waals surface area contributed by atoms with Gasteiger partial charge in [0.25, 0.3) is 0 Å². The molecule has 0 N–H and O–H groups in total. The molecule has 2 nitrogen and oxygen atoms in total. The number of aromatic nitrogens is 2. The minimum Gasteiger partial charge on any atom is -0.305 e. The molecule has 1 radical (unpaired) electrons. The zero-order chi connectivity index (χ0) is 33.6. The van der Waals surface area contributed by atoms with E-state index >= 15 is 0 Å². The van der Waals surface area contributed by atoms with Crippen molar-refractivity contribution in [2.24, 2.45) is 0 Å². The van der Waals surface area contributed by atoms with Crippen molar-refractivity contribution in [1.29, 1.82) is 0 Å². The van der Waals surface area contributed by atoms with E-state index in [0.717, 1.165) is 28.1 Å². The van der Waals surface area contributed by atoms with Gasteiger partial charge in [0.1, 0.15) is 0 Å². The molecule has 241 valence electrons. The zero-order valence-electron chi connectivity index (χ0n) is 29.1. The zero-order valence-corrected chi connectivity index (χ0v) is 32.3. The standard InChI is InChI=1S/C28H20NS.C15H18NSi.Ir/c1-17(2)19-12-13-29-26(15-19)23-9-5-8-22-25-14-20-11-10-18-6-3-4-7-21(18)24(20)16-27(25)30-28(22)23;1-12-10-14(13-8-6-5-7-9-13)16-11-15(12)17(2,3)4;/h3-8,10-17H,1-2H3;5-8,10-11H,1-4H3;/q2*-1;/i17D;;. The van der Waals surface area contributed by atoms with Gasteiger partial charge in [0.15, 0.2) is 0 Å². The molecule has 0 aliphatic rings. The largest absolute Gasteiger partial charge is 0.305 e. The van der Waals surface area contributed by atoms with E-state index in [1.54, 1.807) is 17.5 Å². The third-order valence-electron chi connectivity index (χ3n) is 8.79. The fourth-order valence-electron chi connectivity index (χ4n) is 6.35. The van der Waals surface area contributed by atoms with E-state index in [2.05, 4.69) is 122 Å². The van der Waals surface area contributed by atoms with Gasteiger partial charge in [0.05, 0.1) is 8.07 Å². The molecule has 0 aliphatic heterocycles. The topological polar surface area (TPSA) is 25.8 Å². The molecule has 0 unspecified atom stereocenters. The van der Waals surface area contributed by atoms with Crippen molar-refractivity contribution in [2.75, 3.05) is 0 Å². The molecule has 8 aromatic rings. The Labute approximate surface area is 303 Å². The average molecular weight is 836 g/mol.